The topological polar surface area (TPSA) is 83.8 Å². The molecule has 0 aliphatic carbocycles. The van der Waals surface area contributed by atoms with Gasteiger partial charge in [-0.3, -0.25) is 4.79 Å². The van der Waals surface area contributed by atoms with E-state index < -0.39 is 0 Å². The molecule has 4 N–H and O–H groups in total. The number of rotatable bonds is 6. The first kappa shape index (κ1) is 16.9. The van der Waals surface area contributed by atoms with E-state index >= 15 is 0 Å². The minimum Gasteiger partial charge on any atom is -0.348 e. The van der Waals surface area contributed by atoms with Crippen molar-refractivity contribution in [3.63, 3.8) is 0 Å². The lowest BCUT2D eigenvalue weighted by Crippen LogP contribution is -2.40. The van der Waals surface area contributed by atoms with Gasteiger partial charge >= 0.3 is 0 Å². The van der Waals surface area contributed by atoms with Crippen LogP contribution in [-0.4, -0.2) is 28.5 Å². The fraction of sp³-hybridized carbons (Fsp3) is 0.158. The third-order valence-corrected chi connectivity index (χ3v) is 3.92. The number of carbonyl (C=O) groups is 1. The van der Waals surface area contributed by atoms with Gasteiger partial charge < -0.3 is 16.0 Å². The first-order chi connectivity index (χ1) is 12.2. The largest absolute Gasteiger partial charge is 0.348 e. The maximum absolute atomic E-state index is 13.0. The van der Waals surface area contributed by atoms with Crippen LogP contribution in [0.1, 0.15) is 11.1 Å². The third-order valence-electron chi connectivity index (χ3n) is 3.92. The van der Waals surface area contributed by atoms with E-state index in [0.29, 0.717) is 13.0 Å². The number of hydrogen-bond donors (Lipinski definition) is 3. The summed E-state index contributed by atoms with van der Waals surface area (Å²) in [7, 11) is 0. The van der Waals surface area contributed by atoms with Gasteiger partial charge in [-0.1, -0.05) is 12.1 Å². The van der Waals surface area contributed by atoms with E-state index in [2.05, 4.69) is 15.3 Å². The van der Waals surface area contributed by atoms with Crippen LogP contribution in [0.15, 0.2) is 54.9 Å². The molecular weight excluding hydrogens is 319 g/mol. The fourth-order valence-electron chi connectivity index (χ4n) is 2.63. The summed E-state index contributed by atoms with van der Waals surface area (Å²) in [6.07, 6.45) is 7.28. The number of nitrogens with two attached hydrogens (primary N) is 1. The van der Waals surface area contributed by atoms with Gasteiger partial charge in [0.05, 0.1) is 0 Å². The molecule has 2 aromatic heterocycles. The molecule has 0 saturated carbocycles. The Morgan fingerprint density at radius 3 is 2.88 bits per heavy atom. The number of aromatic nitrogens is 2. The molecule has 0 unspecified atom stereocenters. The molecule has 128 valence electrons. The maximum atomic E-state index is 13.0. The third kappa shape index (κ3) is 4.30. The summed E-state index contributed by atoms with van der Waals surface area (Å²) in [5.41, 5.74) is 8.32. The second-order valence-electron chi connectivity index (χ2n) is 5.75. The van der Waals surface area contributed by atoms with Crippen LogP contribution in [0, 0.1) is 5.82 Å². The van der Waals surface area contributed by atoms with Crippen LogP contribution in [-0.2, 0) is 11.2 Å². The summed E-state index contributed by atoms with van der Waals surface area (Å²) in [6.45, 7) is 0.300. The Bertz CT molecular complexity index is 886. The normalized spacial score (nSPS) is 12.6. The number of fused-ring (bicyclic) bond motifs is 1. The molecule has 6 heteroatoms. The van der Waals surface area contributed by atoms with Gasteiger partial charge in [0.1, 0.15) is 11.5 Å². The zero-order valence-electron chi connectivity index (χ0n) is 13.6. The van der Waals surface area contributed by atoms with Gasteiger partial charge in [0.15, 0.2) is 0 Å². The zero-order chi connectivity index (χ0) is 17.6. The van der Waals surface area contributed by atoms with Gasteiger partial charge in [-0.15, -0.1) is 0 Å². The average Bonchev–Trinajstić information content (AvgIpc) is 3.04. The molecule has 3 aromatic rings. The minimum atomic E-state index is -0.284. The van der Waals surface area contributed by atoms with E-state index in [-0.39, 0.29) is 17.8 Å². The van der Waals surface area contributed by atoms with Crippen molar-refractivity contribution in [1.29, 1.82) is 0 Å². The van der Waals surface area contributed by atoms with E-state index in [1.807, 2.05) is 12.1 Å². The quantitative estimate of drug-likeness (QED) is 0.604. The highest BCUT2D eigenvalue weighted by Crippen LogP contribution is 2.16. The van der Waals surface area contributed by atoms with Gasteiger partial charge in [0.25, 0.3) is 0 Å². The second kappa shape index (κ2) is 7.72. The van der Waals surface area contributed by atoms with Crippen molar-refractivity contribution in [2.45, 2.75) is 12.5 Å². The van der Waals surface area contributed by atoms with Crippen molar-refractivity contribution in [2.75, 3.05) is 6.54 Å². The lowest BCUT2D eigenvalue weighted by Gasteiger charge is -2.15. The van der Waals surface area contributed by atoms with Crippen LogP contribution < -0.4 is 11.1 Å². The van der Waals surface area contributed by atoms with Gasteiger partial charge in [-0.2, -0.15) is 0 Å². The van der Waals surface area contributed by atoms with E-state index in [1.54, 1.807) is 30.6 Å². The van der Waals surface area contributed by atoms with Crippen LogP contribution >= 0.6 is 0 Å². The first-order valence-corrected chi connectivity index (χ1v) is 8.01. The number of nitrogens with one attached hydrogen (secondary N) is 2. The number of aromatic amines is 1. The molecule has 0 fully saturated rings. The Balaban J connectivity index is 1.63. The van der Waals surface area contributed by atoms with E-state index in [9.17, 15) is 9.18 Å². The standard InChI is InChI=1S/C19H19FN4O/c20-15-6-3-13(4-7-15)10-16(11-21)24-18(25)8-5-14-12-23-19-17(14)2-1-9-22-19/h1-9,12,16H,10-11,21H2,(H,22,23)(H,24,25)/b8-5+/t16-/m0/s1. The highest BCUT2D eigenvalue weighted by Gasteiger charge is 2.10. The number of halogens is 1. The maximum Gasteiger partial charge on any atom is 0.244 e. The number of carbonyl (C=O) groups excluding carboxylic acids is 1. The average molecular weight is 338 g/mol. The summed E-state index contributed by atoms with van der Waals surface area (Å²) in [5.74, 6) is -0.510. The van der Waals surface area contributed by atoms with Crippen LogP contribution in [0.4, 0.5) is 4.39 Å². The highest BCUT2D eigenvalue weighted by molar-refractivity contribution is 5.95. The highest BCUT2D eigenvalue weighted by atomic mass is 19.1. The Hall–Kier alpha value is -2.99. The monoisotopic (exact) mass is 338 g/mol. The van der Waals surface area contributed by atoms with E-state index in [0.717, 1.165) is 22.2 Å². The van der Waals surface area contributed by atoms with Crippen molar-refractivity contribution < 1.29 is 9.18 Å². The lowest BCUT2D eigenvalue weighted by atomic mass is 10.1. The molecule has 3 rings (SSSR count). The molecule has 1 aromatic carbocycles. The first-order valence-electron chi connectivity index (χ1n) is 8.01. The molecule has 25 heavy (non-hydrogen) atoms. The van der Waals surface area contributed by atoms with Gasteiger partial charge in [-0.25, -0.2) is 9.37 Å². The molecule has 5 nitrogen and oxygen atoms in total. The number of nitrogens with zero attached hydrogens (tertiary/aromatic N) is 1. The molecule has 0 aliphatic heterocycles. The summed E-state index contributed by atoms with van der Waals surface area (Å²) >= 11 is 0. The predicted molar refractivity (Wildman–Crippen MR) is 96.2 cm³/mol. The Labute approximate surface area is 144 Å². The summed E-state index contributed by atoms with van der Waals surface area (Å²) in [6, 6.07) is 9.75. The predicted octanol–water partition coefficient (Wildman–Crippen LogP) is 2.40. The van der Waals surface area contributed by atoms with Gasteiger partial charge in [-0.05, 0) is 42.3 Å². The van der Waals surface area contributed by atoms with E-state index in [4.69, 9.17) is 5.73 Å². The van der Waals surface area contributed by atoms with Crippen LogP contribution in [0.3, 0.4) is 0 Å². The number of pyridine rings is 1. The molecule has 1 amide bonds. The van der Waals surface area contributed by atoms with Crippen molar-refractivity contribution in [2.24, 2.45) is 5.73 Å². The fourth-order valence-corrected chi connectivity index (χ4v) is 2.63. The molecular formula is C19H19FN4O. The Morgan fingerprint density at radius 2 is 2.12 bits per heavy atom. The summed E-state index contributed by atoms with van der Waals surface area (Å²) in [5, 5.41) is 3.82. The van der Waals surface area contributed by atoms with Crippen LogP contribution in [0.5, 0.6) is 0 Å². The van der Waals surface area contributed by atoms with Crippen molar-refractivity contribution in [3.05, 3.63) is 71.8 Å². The molecule has 0 bridgehead atoms. The summed E-state index contributed by atoms with van der Waals surface area (Å²) in [4.78, 5) is 19.4. The van der Waals surface area contributed by atoms with E-state index in [1.165, 1.54) is 18.2 Å². The number of H-pyrrole nitrogens is 1. The van der Waals surface area contributed by atoms with Crippen molar-refractivity contribution in [3.8, 4) is 0 Å². The molecule has 1 atom stereocenters. The van der Waals surface area contributed by atoms with Gasteiger partial charge in [0.2, 0.25) is 5.91 Å². The Morgan fingerprint density at radius 1 is 1.32 bits per heavy atom. The molecule has 0 spiro atoms. The SMILES string of the molecule is NC[C@H](Cc1ccc(F)cc1)NC(=O)/C=C/c1c[nH]c2ncccc12. The number of amides is 1. The number of benzene rings is 1. The summed E-state index contributed by atoms with van der Waals surface area (Å²) < 4.78 is 13.0. The Kier molecular flexibility index (Phi) is 5.20. The number of hydrogen-bond acceptors (Lipinski definition) is 3. The smallest absolute Gasteiger partial charge is 0.244 e. The van der Waals surface area contributed by atoms with Gasteiger partial charge in [0, 0.05) is 42.0 Å². The zero-order valence-corrected chi connectivity index (χ0v) is 13.6. The minimum absolute atomic E-state index is 0.216. The molecule has 2 heterocycles. The van der Waals surface area contributed by atoms with Crippen LogP contribution in [0.2, 0.25) is 0 Å². The molecule has 0 aliphatic rings. The van der Waals surface area contributed by atoms with Crippen molar-refractivity contribution >= 4 is 23.0 Å². The van der Waals surface area contributed by atoms with Crippen LogP contribution in [0.25, 0.3) is 17.1 Å². The molecule has 0 radical (unpaired) electrons. The lowest BCUT2D eigenvalue weighted by molar-refractivity contribution is -0.117. The second-order valence-corrected chi connectivity index (χ2v) is 5.75. The van der Waals surface area contributed by atoms with Crippen molar-refractivity contribution in [1.82, 2.24) is 15.3 Å². The molecule has 0 saturated heterocycles.